The standard InChI is InChI=1S/C29H29N3O.C25H27N3O.2C23H28N4/c1-19-14-15-23-22-11-7-9-13-25(22)33-28(23)27(19)31-16-17-32(20(31)2)29(3,4)26-18-21-10-6-8-12-24(21)30(26)5;1-17-12-13-20-19-9-6-7-10-21(19)29-24(20)23(17)27-15-16-28(18(27)2)25(3,4)22-11-8-14-26(22)5;1-16-11-7-8-12-19(16)26-18(3)27(21-14-10-9-13-20(21)26)23(4,5)22-15-24-17(2)25(22)6;1-16-11-7-8-12-19(16)26-18(3)27(21-14-10-9-13-20(21)26)23(4,5)22-15-17(2)24-25(22)6/h6-18,20H,1-5H3;6-16,18H,1-5H3;2*7-15,18H,1-6H3/t20-;3*18-/m1111/s1. The van der Waals surface area contributed by atoms with Crippen molar-refractivity contribution in [3.05, 3.63) is 312 Å². The highest BCUT2D eigenvalue weighted by atomic mass is 16.3. The van der Waals surface area contributed by atoms with E-state index in [1.54, 1.807) is 0 Å². The summed E-state index contributed by atoms with van der Waals surface area (Å²) in [6, 6.07) is 77.4. The van der Waals surface area contributed by atoms with Crippen molar-refractivity contribution in [1.82, 2.24) is 38.3 Å². The van der Waals surface area contributed by atoms with Gasteiger partial charge in [0.1, 0.15) is 41.7 Å². The van der Waals surface area contributed by atoms with Crippen LogP contribution in [0.25, 0.3) is 54.8 Å². The monoisotopic (exact) mass is 1540 g/mol. The number of rotatable bonds is 12. The molecule has 0 saturated heterocycles. The van der Waals surface area contributed by atoms with E-state index in [0.717, 1.165) is 56.0 Å². The smallest absolute Gasteiger partial charge is 0.159 e. The van der Waals surface area contributed by atoms with E-state index < -0.39 is 0 Å². The Morgan fingerprint density at radius 3 is 1.22 bits per heavy atom. The van der Waals surface area contributed by atoms with Crippen LogP contribution in [0, 0.1) is 41.5 Å². The van der Waals surface area contributed by atoms with Crippen molar-refractivity contribution < 1.29 is 8.83 Å². The number of nitrogens with zero attached hydrogens (tertiary/aromatic N) is 14. The van der Waals surface area contributed by atoms with Crippen LogP contribution in [-0.4, -0.2) is 62.9 Å². The van der Waals surface area contributed by atoms with Gasteiger partial charge in [-0.15, -0.1) is 0 Å². The highest BCUT2D eigenvalue weighted by Gasteiger charge is 2.47. The molecule has 0 radical (unpaired) electrons. The predicted molar refractivity (Wildman–Crippen MR) is 482 cm³/mol. The Kier molecular flexibility index (Phi) is 19.8. The molecule has 4 atom stereocenters. The van der Waals surface area contributed by atoms with Gasteiger partial charge in [-0.2, -0.15) is 5.10 Å². The van der Waals surface area contributed by atoms with Crippen molar-refractivity contribution >= 4 is 100 Å². The minimum Gasteiger partial charge on any atom is -0.454 e. The van der Waals surface area contributed by atoms with Crippen LogP contribution in [0.1, 0.15) is 140 Å². The van der Waals surface area contributed by atoms with Crippen LogP contribution in [-0.2, 0) is 50.3 Å². The fourth-order valence-corrected chi connectivity index (χ4v) is 19.7. The zero-order valence-electron chi connectivity index (χ0n) is 71.6. The third-order valence-corrected chi connectivity index (χ3v) is 25.5. The minimum atomic E-state index is -0.205. The first-order valence-electron chi connectivity index (χ1n) is 40.9. The molecule has 9 aromatic carbocycles. The molecule has 0 spiro atoms. The molecule has 19 rings (SSSR count). The second-order valence-corrected chi connectivity index (χ2v) is 34.1. The number of fused-ring (bicyclic) bond motifs is 9. The number of hydrogen-bond acceptors (Lipinski definition) is 12. The van der Waals surface area contributed by atoms with Gasteiger partial charge < -0.3 is 61.7 Å². The summed E-state index contributed by atoms with van der Waals surface area (Å²) in [4.78, 5) is 24.1. The Morgan fingerprint density at radius 1 is 0.353 bits per heavy atom. The molecule has 594 valence electrons. The normalized spacial score (nSPS) is 16.8. The Bertz CT molecular complexity index is 6150. The third kappa shape index (κ3) is 12.8. The highest BCUT2D eigenvalue weighted by Crippen LogP contribution is 2.53. The van der Waals surface area contributed by atoms with E-state index in [1.165, 1.54) is 101 Å². The van der Waals surface area contributed by atoms with E-state index in [-0.39, 0.29) is 46.8 Å². The molecule has 15 aromatic rings. The SMILES string of the molecule is Cc1cc(C(C)(C)N2c3ccccc3N(c3ccccc3C)[C@H]2C)n(C)n1.Cc1ccc2c(oc3ccccc32)c1N1C=CN(C(C)(C)c2cc3ccccc3n2C)[C@@H]1C.Cc1ccc2c(oc3ccccc32)c1N1C=CN(C(C)(C)c2cccn2C)[C@@H]1C.Cc1ccccc1N1c2ccccc2N(C(C)(C)c2cnc(C)n2C)[C@@H]1C. The maximum Gasteiger partial charge on any atom is 0.159 e. The molecular weight excluding hydrogens is 1430 g/mol. The lowest BCUT2D eigenvalue weighted by Crippen LogP contribution is -2.50. The number of benzene rings is 9. The second-order valence-electron chi connectivity index (χ2n) is 34.1. The first-order valence-corrected chi connectivity index (χ1v) is 40.9. The fourth-order valence-electron chi connectivity index (χ4n) is 19.7. The van der Waals surface area contributed by atoms with E-state index in [1.807, 2.05) is 42.2 Å². The quantitative estimate of drug-likeness (QED) is 0.116. The summed E-state index contributed by atoms with van der Waals surface area (Å²) in [6.07, 6.45) is 13.6. The van der Waals surface area contributed by atoms with Gasteiger partial charge in [0.05, 0.1) is 79.6 Å². The van der Waals surface area contributed by atoms with Crippen LogP contribution in [0.4, 0.5) is 45.5 Å². The van der Waals surface area contributed by atoms with Crippen LogP contribution in [0.2, 0.25) is 0 Å². The summed E-state index contributed by atoms with van der Waals surface area (Å²) in [7, 11) is 8.42. The maximum atomic E-state index is 6.39. The van der Waals surface area contributed by atoms with Crippen LogP contribution in [0.3, 0.4) is 0 Å². The maximum absolute atomic E-state index is 6.39. The van der Waals surface area contributed by atoms with Gasteiger partial charge in [-0.1, -0.05) is 140 Å². The van der Waals surface area contributed by atoms with Crippen molar-refractivity contribution in [2.45, 2.75) is 171 Å². The van der Waals surface area contributed by atoms with Crippen molar-refractivity contribution in [2.75, 3.05) is 29.4 Å². The van der Waals surface area contributed by atoms with Crippen molar-refractivity contribution in [3.63, 3.8) is 0 Å². The van der Waals surface area contributed by atoms with Crippen LogP contribution in [0.5, 0.6) is 0 Å². The zero-order chi connectivity index (χ0) is 81.9. The molecule has 0 aliphatic carbocycles. The number of para-hydroxylation sites is 9. The van der Waals surface area contributed by atoms with Gasteiger partial charge in [0.15, 0.2) is 11.2 Å². The van der Waals surface area contributed by atoms with E-state index >= 15 is 0 Å². The van der Waals surface area contributed by atoms with E-state index in [0.29, 0.717) is 0 Å². The van der Waals surface area contributed by atoms with E-state index in [4.69, 9.17) is 8.83 Å². The lowest BCUT2D eigenvalue weighted by Gasteiger charge is -2.42. The molecule has 0 N–H and O–H groups in total. The number of hydrogen-bond donors (Lipinski definition) is 0. The summed E-state index contributed by atoms with van der Waals surface area (Å²) in [6.45, 7) is 40.2. The largest absolute Gasteiger partial charge is 0.454 e. The molecule has 16 heteroatoms. The summed E-state index contributed by atoms with van der Waals surface area (Å²) in [5, 5.41) is 10.5. The van der Waals surface area contributed by atoms with Gasteiger partial charge in [0.25, 0.3) is 0 Å². The molecule has 4 aliphatic heterocycles. The third-order valence-electron chi connectivity index (χ3n) is 25.5. The molecule has 0 unspecified atom stereocenters. The molecule has 16 nitrogen and oxygen atoms in total. The Hall–Kier alpha value is -12.3. The fraction of sp³-hybridized carbons (Fsp3) is 0.300. The molecule has 0 amide bonds. The molecule has 116 heavy (non-hydrogen) atoms. The lowest BCUT2D eigenvalue weighted by molar-refractivity contribution is 0.145. The minimum absolute atomic E-state index is 0.135. The average molecular weight is 1540 g/mol. The average Bonchev–Trinajstić information content (AvgIpc) is 1.58. The molecule has 0 saturated carbocycles. The molecule has 4 aliphatic rings. The Balaban J connectivity index is 0.000000116. The van der Waals surface area contributed by atoms with Gasteiger partial charge in [0, 0.05) is 109 Å². The first-order chi connectivity index (χ1) is 55.4. The Morgan fingerprint density at radius 2 is 0.784 bits per heavy atom. The molecule has 10 heterocycles. The number of aromatic nitrogens is 6. The molecule has 0 bridgehead atoms. The van der Waals surface area contributed by atoms with E-state index in [9.17, 15) is 0 Å². The number of furan rings is 2. The van der Waals surface area contributed by atoms with Crippen molar-refractivity contribution in [3.8, 4) is 0 Å². The van der Waals surface area contributed by atoms with Crippen molar-refractivity contribution in [1.29, 1.82) is 0 Å². The highest BCUT2D eigenvalue weighted by molar-refractivity contribution is 6.11. The zero-order valence-corrected chi connectivity index (χ0v) is 71.6. The van der Waals surface area contributed by atoms with Gasteiger partial charge in [-0.25, -0.2) is 4.98 Å². The Labute approximate surface area is 684 Å². The van der Waals surface area contributed by atoms with Gasteiger partial charge in [-0.3, -0.25) is 4.68 Å². The van der Waals surface area contributed by atoms with Crippen molar-refractivity contribution in [2.24, 2.45) is 28.2 Å². The number of aryl methyl sites for hydroxylation is 9. The summed E-state index contributed by atoms with van der Waals surface area (Å²) >= 11 is 0. The first kappa shape index (κ1) is 77.6. The predicted octanol–water partition coefficient (Wildman–Crippen LogP) is 23.9. The van der Waals surface area contributed by atoms with Gasteiger partial charge in [0.2, 0.25) is 0 Å². The molecular formula is C100H112N14O2. The van der Waals surface area contributed by atoms with Gasteiger partial charge >= 0.3 is 0 Å². The van der Waals surface area contributed by atoms with Crippen LogP contribution < -0.4 is 29.4 Å². The molecule has 0 fully saturated rings. The van der Waals surface area contributed by atoms with Crippen LogP contribution in [0.15, 0.2) is 264 Å². The van der Waals surface area contributed by atoms with Gasteiger partial charge in [-0.05, 0) is 231 Å². The topological polar surface area (TPSA) is 97.7 Å². The number of anilines is 8. The molecule has 6 aromatic heterocycles. The lowest BCUT2D eigenvalue weighted by atomic mass is 9.96. The second kappa shape index (κ2) is 29.5. The van der Waals surface area contributed by atoms with Crippen LogP contribution >= 0.6 is 0 Å². The summed E-state index contributed by atoms with van der Waals surface area (Å²) < 4.78 is 21.5. The number of imidazole rings is 1. The van der Waals surface area contributed by atoms with E-state index in [2.05, 4.69) is 434 Å². The summed E-state index contributed by atoms with van der Waals surface area (Å²) in [5.74, 6) is 1.04. The summed E-state index contributed by atoms with van der Waals surface area (Å²) in [5.41, 5.74) is 25.2.